The molecule has 0 aliphatic rings. The highest BCUT2D eigenvalue weighted by atomic mass is 15.0. The Morgan fingerprint density at radius 2 is 1.10 bits per heavy atom. The summed E-state index contributed by atoms with van der Waals surface area (Å²) < 4.78 is 4.44. The average Bonchev–Trinajstić information content (AvgIpc) is 3.69. The summed E-state index contributed by atoms with van der Waals surface area (Å²) in [6.45, 7) is 15.8. The van der Waals surface area contributed by atoms with Gasteiger partial charge in [0.05, 0.1) is 52.5 Å². The Bertz CT molecular complexity index is 2970. The maximum absolute atomic E-state index is 9.59. The van der Waals surface area contributed by atoms with Crippen LogP contribution in [0.2, 0.25) is 0 Å². The molecule has 0 saturated carbocycles. The van der Waals surface area contributed by atoms with Gasteiger partial charge in [0.2, 0.25) is 5.69 Å². The van der Waals surface area contributed by atoms with Gasteiger partial charge in [-0.15, -0.1) is 0 Å². The Hall–Kier alpha value is -7.39. The molecule has 5 heteroatoms. The highest BCUT2D eigenvalue weighted by molar-refractivity contribution is 6.12. The van der Waals surface area contributed by atoms with Crippen LogP contribution in [0.15, 0.2) is 152 Å². The minimum absolute atomic E-state index is 0.553. The quantitative estimate of drug-likeness (QED) is 0.177. The zero-order valence-electron chi connectivity index (χ0n) is 26.7. The maximum atomic E-state index is 9.59. The molecule has 0 bridgehead atoms. The topological polar surface area (TPSA) is 42.4 Å². The van der Waals surface area contributed by atoms with E-state index in [0.29, 0.717) is 16.9 Å². The Morgan fingerprint density at radius 3 is 1.86 bits per heavy atom. The molecule has 50 heavy (non-hydrogen) atoms. The number of para-hydroxylation sites is 3. The lowest BCUT2D eigenvalue weighted by Crippen LogP contribution is -1.98. The van der Waals surface area contributed by atoms with Crippen molar-refractivity contribution in [2.75, 3.05) is 0 Å². The summed E-state index contributed by atoms with van der Waals surface area (Å²) in [7, 11) is 0. The summed E-state index contributed by atoms with van der Waals surface area (Å²) in [5, 5.41) is 13.8. The van der Waals surface area contributed by atoms with Crippen LogP contribution in [0.5, 0.6) is 0 Å². The molecule has 0 atom stereocenters. The van der Waals surface area contributed by atoms with Crippen molar-refractivity contribution >= 4 is 55.0 Å². The van der Waals surface area contributed by atoms with Gasteiger partial charge in [-0.05, 0) is 88.3 Å². The number of aromatic nitrogens is 2. The molecule has 0 radical (unpaired) electrons. The number of rotatable bonds is 4. The van der Waals surface area contributed by atoms with Crippen LogP contribution in [0.25, 0.3) is 86.9 Å². The molecule has 2 aromatic heterocycles. The largest absolute Gasteiger partial charge is 0.318 e. The van der Waals surface area contributed by atoms with Gasteiger partial charge in [-0.25, -0.2) is 9.69 Å². The molecule has 9 aromatic rings. The van der Waals surface area contributed by atoms with Gasteiger partial charge in [0.1, 0.15) is 0 Å². The maximum Gasteiger partial charge on any atom is 0.211 e. The minimum Gasteiger partial charge on any atom is -0.318 e. The van der Waals surface area contributed by atoms with Gasteiger partial charge in [-0.2, -0.15) is 5.26 Å². The lowest BCUT2D eigenvalue weighted by molar-refractivity contribution is 1.18. The van der Waals surface area contributed by atoms with E-state index >= 15 is 0 Å². The first-order chi connectivity index (χ1) is 24.7. The molecule has 5 nitrogen and oxygen atoms in total. The summed E-state index contributed by atoms with van der Waals surface area (Å²) >= 11 is 0. The Morgan fingerprint density at radius 1 is 0.480 bits per heavy atom. The molecule has 230 valence electrons. The normalized spacial score (nSPS) is 11.1. The van der Waals surface area contributed by atoms with Crippen LogP contribution in [0.1, 0.15) is 5.56 Å². The fraction of sp³-hybridized carbons (Fsp3) is 0. The van der Waals surface area contributed by atoms with Gasteiger partial charge in [-0.3, -0.25) is 0 Å². The zero-order valence-corrected chi connectivity index (χ0v) is 26.7. The van der Waals surface area contributed by atoms with Crippen LogP contribution < -0.4 is 0 Å². The van der Waals surface area contributed by atoms with Crippen molar-refractivity contribution in [2.45, 2.75) is 0 Å². The second-order valence-corrected chi connectivity index (χ2v) is 12.3. The average molecular weight is 636 g/mol. The lowest BCUT2D eigenvalue weighted by Gasteiger charge is -2.17. The van der Waals surface area contributed by atoms with Crippen molar-refractivity contribution in [1.82, 2.24) is 9.13 Å². The van der Waals surface area contributed by atoms with Gasteiger partial charge in [-0.1, -0.05) is 91.0 Å². The van der Waals surface area contributed by atoms with Gasteiger partial charge < -0.3 is 9.13 Å². The molecule has 0 fully saturated rings. The van der Waals surface area contributed by atoms with E-state index in [4.69, 9.17) is 13.1 Å². The summed E-state index contributed by atoms with van der Waals surface area (Å²) in [4.78, 5) is 7.69. The Labute approximate surface area is 288 Å². The number of fused-ring (bicyclic) bond motifs is 6. The van der Waals surface area contributed by atoms with Crippen molar-refractivity contribution in [3.05, 3.63) is 180 Å². The molecule has 0 saturated heterocycles. The Balaban J connectivity index is 1.22. The second kappa shape index (κ2) is 11.4. The number of nitriles is 1. The van der Waals surface area contributed by atoms with E-state index in [9.17, 15) is 5.26 Å². The third-order valence-corrected chi connectivity index (χ3v) is 9.56. The van der Waals surface area contributed by atoms with Crippen LogP contribution in [-0.4, -0.2) is 9.13 Å². The molecule has 7 aromatic carbocycles. The molecule has 0 spiro atoms. The van der Waals surface area contributed by atoms with Crippen molar-refractivity contribution in [1.29, 1.82) is 5.26 Å². The molecule has 0 aliphatic heterocycles. The molecule has 0 N–H and O–H groups in total. The highest BCUT2D eigenvalue weighted by Gasteiger charge is 2.20. The molecule has 0 aliphatic carbocycles. The monoisotopic (exact) mass is 635 g/mol. The van der Waals surface area contributed by atoms with Crippen LogP contribution in [0, 0.1) is 24.5 Å². The SMILES string of the molecule is [C-]#[N+]c1ccc2c(c1)c1ccccc1n2-c1c([N+]#[C-])cccc1-c1cccc(-c2cccc(-n3c4ccccc4c4cc(C#N)ccc43)c2)c1. The van der Waals surface area contributed by atoms with E-state index in [0.717, 1.165) is 77.2 Å². The first-order valence-electron chi connectivity index (χ1n) is 16.2. The number of nitrogens with zero attached hydrogens (tertiary/aromatic N) is 5. The summed E-state index contributed by atoms with van der Waals surface area (Å²) in [5.74, 6) is 0. The van der Waals surface area contributed by atoms with Gasteiger partial charge in [0.15, 0.2) is 5.69 Å². The van der Waals surface area contributed by atoms with Crippen LogP contribution >= 0.6 is 0 Å². The zero-order chi connectivity index (χ0) is 33.8. The number of hydrogen-bond acceptors (Lipinski definition) is 1. The van der Waals surface area contributed by atoms with Gasteiger partial charge in [0.25, 0.3) is 0 Å². The first-order valence-corrected chi connectivity index (χ1v) is 16.2. The first kappa shape index (κ1) is 28.8. The van der Waals surface area contributed by atoms with E-state index in [1.54, 1.807) is 0 Å². The third-order valence-electron chi connectivity index (χ3n) is 9.56. The van der Waals surface area contributed by atoms with Crippen LogP contribution in [-0.2, 0) is 0 Å². The summed E-state index contributed by atoms with van der Waals surface area (Å²) in [6.07, 6.45) is 0. The molecule has 2 heterocycles. The number of benzene rings is 7. The van der Waals surface area contributed by atoms with Gasteiger partial charge >= 0.3 is 0 Å². The van der Waals surface area contributed by atoms with E-state index in [2.05, 4.69) is 104 Å². The van der Waals surface area contributed by atoms with Crippen molar-refractivity contribution in [2.24, 2.45) is 0 Å². The molecular weight excluding hydrogens is 611 g/mol. The third kappa shape index (κ3) is 4.38. The highest BCUT2D eigenvalue weighted by Crippen LogP contribution is 2.42. The molecule has 9 rings (SSSR count). The van der Waals surface area contributed by atoms with Crippen molar-refractivity contribution < 1.29 is 0 Å². The van der Waals surface area contributed by atoms with E-state index in [1.165, 1.54) is 0 Å². The molecule has 0 unspecified atom stereocenters. The second-order valence-electron chi connectivity index (χ2n) is 12.3. The van der Waals surface area contributed by atoms with E-state index in [-0.39, 0.29) is 0 Å². The van der Waals surface area contributed by atoms with Crippen LogP contribution in [0.3, 0.4) is 0 Å². The van der Waals surface area contributed by atoms with Gasteiger partial charge in [0, 0.05) is 21.8 Å². The smallest absolute Gasteiger partial charge is 0.211 e. The molecular formula is C45H25N5. The fourth-order valence-corrected chi connectivity index (χ4v) is 7.37. The predicted octanol–water partition coefficient (Wildman–Crippen LogP) is 12.2. The van der Waals surface area contributed by atoms with E-state index < -0.39 is 0 Å². The van der Waals surface area contributed by atoms with Crippen LogP contribution in [0.4, 0.5) is 11.4 Å². The summed E-state index contributed by atoms with van der Waals surface area (Å²) in [5.41, 5.74) is 11.8. The fourth-order valence-electron chi connectivity index (χ4n) is 7.37. The minimum atomic E-state index is 0.553. The lowest BCUT2D eigenvalue weighted by atomic mass is 9.97. The van der Waals surface area contributed by atoms with Crippen molar-refractivity contribution in [3.8, 4) is 39.7 Å². The Kier molecular flexibility index (Phi) is 6.56. The predicted molar refractivity (Wildman–Crippen MR) is 203 cm³/mol. The van der Waals surface area contributed by atoms with Crippen molar-refractivity contribution in [3.63, 3.8) is 0 Å². The standard InChI is InChI=1S/C45H25N5/c1-47-33-21-23-44-39(27-33)37-15-4-6-19-42(37)50(44)45-35(16-9-17-40(45)48-2)32-12-7-10-30(25-32)31-11-8-13-34(26-31)49-41-18-5-3-14-36(41)38-24-29(28-46)20-22-43(38)49/h3-27H. The van der Waals surface area contributed by atoms with E-state index in [1.807, 2.05) is 72.8 Å². The molecule has 0 amide bonds. The number of hydrogen-bond donors (Lipinski definition) is 0. The summed E-state index contributed by atoms with van der Waals surface area (Å²) in [6, 6.07) is 53.4.